The van der Waals surface area contributed by atoms with Crippen LogP contribution in [0, 0.1) is 6.07 Å². The summed E-state index contributed by atoms with van der Waals surface area (Å²) in [7, 11) is 0. The number of hydrogen-bond donors (Lipinski definition) is 0. The lowest BCUT2D eigenvalue weighted by atomic mass is 10.0. The normalized spacial score (nSPS) is 10.4. The number of aryl methyl sites for hydroxylation is 2. The van der Waals surface area contributed by atoms with Crippen LogP contribution < -0.4 is 0 Å². The maximum atomic E-state index is 3.51. The van der Waals surface area contributed by atoms with Gasteiger partial charge in [0.1, 0.15) is 0 Å². The summed E-state index contributed by atoms with van der Waals surface area (Å²) in [6, 6.07) is 10.1. The molecule has 0 saturated heterocycles. The van der Waals surface area contributed by atoms with Gasteiger partial charge in [-0.05, 0) is 42.9 Å². The fourth-order valence-electron chi connectivity index (χ4n) is 1.60. The molecular formula is C14H21. The second kappa shape index (κ2) is 6.64. The number of unbranched alkanes of at least 4 members (excludes halogenated alkanes) is 2. The van der Waals surface area contributed by atoms with Gasteiger partial charge < -0.3 is 0 Å². The molecule has 1 aromatic carbocycles. The van der Waals surface area contributed by atoms with E-state index in [1.807, 2.05) is 0 Å². The molecule has 0 saturated carbocycles. The van der Waals surface area contributed by atoms with E-state index in [-0.39, 0.29) is 0 Å². The van der Waals surface area contributed by atoms with Crippen LogP contribution in [0.25, 0.3) is 0 Å². The Morgan fingerprint density at radius 3 is 1.86 bits per heavy atom. The Balaban J connectivity index is 2.50. The molecule has 0 nitrogen and oxygen atoms in total. The molecule has 1 aromatic rings. The average molecular weight is 189 g/mol. The van der Waals surface area contributed by atoms with Crippen LogP contribution >= 0.6 is 0 Å². The summed E-state index contributed by atoms with van der Waals surface area (Å²) in [5, 5.41) is 0. The fraction of sp³-hybridized carbons (Fsp3) is 0.571. The van der Waals surface area contributed by atoms with E-state index in [9.17, 15) is 0 Å². The molecule has 14 heavy (non-hydrogen) atoms. The predicted octanol–water partition coefficient (Wildman–Crippen LogP) is 4.17. The minimum Gasteiger partial charge on any atom is -0.0654 e. The highest BCUT2D eigenvalue weighted by atomic mass is 14.0. The first kappa shape index (κ1) is 11.3. The molecule has 77 valence electrons. The molecule has 1 rings (SSSR count). The Kier molecular flexibility index (Phi) is 5.36. The average Bonchev–Trinajstić information content (AvgIpc) is 2.24. The van der Waals surface area contributed by atoms with Crippen molar-refractivity contribution in [3.63, 3.8) is 0 Å². The molecule has 0 aliphatic carbocycles. The van der Waals surface area contributed by atoms with Crippen molar-refractivity contribution in [2.24, 2.45) is 0 Å². The second-order valence-corrected chi connectivity index (χ2v) is 3.91. The van der Waals surface area contributed by atoms with Crippen LogP contribution in [0.4, 0.5) is 0 Å². The van der Waals surface area contributed by atoms with Crippen molar-refractivity contribution in [2.75, 3.05) is 0 Å². The van der Waals surface area contributed by atoms with Gasteiger partial charge in [-0.2, -0.15) is 0 Å². The highest BCUT2D eigenvalue weighted by Gasteiger charge is 1.96. The van der Waals surface area contributed by atoms with Crippen LogP contribution in [0.1, 0.15) is 50.7 Å². The van der Waals surface area contributed by atoms with Gasteiger partial charge in [0.05, 0.1) is 0 Å². The quantitative estimate of drug-likeness (QED) is 0.630. The van der Waals surface area contributed by atoms with Crippen LogP contribution in [0.2, 0.25) is 0 Å². The molecule has 0 aliphatic heterocycles. The summed E-state index contributed by atoms with van der Waals surface area (Å²) in [6.45, 7) is 4.47. The second-order valence-electron chi connectivity index (χ2n) is 3.91. The minimum absolute atomic E-state index is 1.19. The first-order valence-corrected chi connectivity index (χ1v) is 5.87. The lowest BCUT2D eigenvalue weighted by Gasteiger charge is -2.03. The largest absolute Gasteiger partial charge is 0.0654 e. The Morgan fingerprint density at radius 2 is 1.43 bits per heavy atom. The lowest BCUT2D eigenvalue weighted by Crippen LogP contribution is -1.90. The molecule has 0 bridgehead atoms. The molecule has 0 atom stereocenters. The van der Waals surface area contributed by atoms with Crippen molar-refractivity contribution < 1.29 is 0 Å². The molecule has 0 heteroatoms. The molecule has 0 amide bonds. The minimum atomic E-state index is 1.19. The number of hydrogen-bond acceptors (Lipinski definition) is 0. The highest BCUT2D eigenvalue weighted by Crippen LogP contribution is 2.10. The highest BCUT2D eigenvalue weighted by molar-refractivity contribution is 5.21. The molecule has 0 aliphatic rings. The Bertz CT molecular complexity index is 227. The first-order valence-electron chi connectivity index (χ1n) is 5.87. The van der Waals surface area contributed by atoms with Gasteiger partial charge in [0.15, 0.2) is 0 Å². The Labute approximate surface area is 88.4 Å². The van der Waals surface area contributed by atoms with Crippen molar-refractivity contribution in [1.29, 1.82) is 0 Å². The zero-order chi connectivity index (χ0) is 10.2. The van der Waals surface area contributed by atoms with E-state index >= 15 is 0 Å². The van der Waals surface area contributed by atoms with Crippen molar-refractivity contribution in [1.82, 2.24) is 0 Å². The third-order valence-electron chi connectivity index (χ3n) is 2.52. The van der Waals surface area contributed by atoms with E-state index in [0.29, 0.717) is 0 Å². The van der Waals surface area contributed by atoms with Gasteiger partial charge in [0, 0.05) is 0 Å². The van der Waals surface area contributed by atoms with E-state index in [1.165, 1.54) is 49.7 Å². The smallest absolute Gasteiger partial charge is 0.0114 e. The van der Waals surface area contributed by atoms with Crippen molar-refractivity contribution in [3.05, 3.63) is 35.4 Å². The van der Waals surface area contributed by atoms with Gasteiger partial charge in [-0.3, -0.25) is 0 Å². The van der Waals surface area contributed by atoms with Crippen molar-refractivity contribution in [2.45, 2.75) is 52.4 Å². The van der Waals surface area contributed by atoms with Gasteiger partial charge in [-0.25, -0.2) is 0 Å². The molecule has 0 unspecified atom stereocenters. The standard InChI is InChI=1S/C14H21/c1-3-5-8-13-10-7-11-14(12-13)9-6-4-2/h7,10-11H,3-6,8-9H2,1-2H3. The van der Waals surface area contributed by atoms with E-state index in [4.69, 9.17) is 0 Å². The molecule has 0 aromatic heterocycles. The fourth-order valence-corrected chi connectivity index (χ4v) is 1.60. The third kappa shape index (κ3) is 3.95. The van der Waals surface area contributed by atoms with E-state index in [0.717, 1.165) is 0 Å². The summed E-state index contributed by atoms with van der Waals surface area (Å²) < 4.78 is 0. The van der Waals surface area contributed by atoms with Crippen LogP contribution in [0.5, 0.6) is 0 Å². The zero-order valence-electron chi connectivity index (χ0n) is 9.47. The Morgan fingerprint density at radius 1 is 0.929 bits per heavy atom. The SMILES string of the molecule is CCCCc1[c]c(CCCC)ccc1. The van der Waals surface area contributed by atoms with Crippen molar-refractivity contribution >= 4 is 0 Å². The van der Waals surface area contributed by atoms with E-state index in [1.54, 1.807) is 0 Å². The predicted molar refractivity (Wildman–Crippen MR) is 62.5 cm³/mol. The monoisotopic (exact) mass is 189 g/mol. The maximum Gasteiger partial charge on any atom is -0.0114 e. The number of benzene rings is 1. The molecule has 0 N–H and O–H groups in total. The maximum absolute atomic E-state index is 3.51. The first-order chi connectivity index (χ1) is 6.86. The molecule has 1 radical (unpaired) electrons. The van der Waals surface area contributed by atoms with Gasteiger partial charge in [-0.15, -0.1) is 0 Å². The van der Waals surface area contributed by atoms with Crippen LogP contribution in [0.15, 0.2) is 18.2 Å². The summed E-state index contributed by atoms with van der Waals surface area (Å²) in [4.78, 5) is 0. The lowest BCUT2D eigenvalue weighted by molar-refractivity contribution is 0.779. The summed E-state index contributed by atoms with van der Waals surface area (Å²) in [5.74, 6) is 0. The van der Waals surface area contributed by atoms with Gasteiger partial charge in [0.25, 0.3) is 0 Å². The van der Waals surface area contributed by atoms with Crippen LogP contribution in [-0.2, 0) is 12.8 Å². The van der Waals surface area contributed by atoms with Crippen LogP contribution in [-0.4, -0.2) is 0 Å². The zero-order valence-corrected chi connectivity index (χ0v) is 9.47. The molecular weight excluding hydrogens is 168 g/mol. The molecule has 0 heterocycles. The summed E-state index contributed by atoms with van der Waals surface area (Å²) >= 11 is 0. The summed E-state index contributed by atoms with van der Waals surface area (Å²) in [6.07, 6.45) is 7.49. The van der Waals surface area contributed by atoms with Gasteiger partial charge in [0.2, 0.25) is 0 Å². The van der Waals surface area contributed by atoms with Gasteiger partial charge >= 0.3 is 0 Å². The molecule has 0 spiro atoms. The van der Waals surface area contributed by atoms with Crippen molar-refractivity contribution in [3.8, 4) is 0 Å². The third-order valence-corrected chi connectivity index (χ3v) is 2.52. The van der Waals surface area contributed by atoms with E-state index < -0.39 is 0 Å². The topological polar surface area (TPSA) is 0 Å². The van der Waals surface area contributed by atoms with Gasteiger partial charge in [-0.1, -0.05) is 44.9 Å². The summed E-state index contributed by atoms with van der Waals surface area (Å²) in [5.41, 5.74) is 2.78. The Hall–Kier alpha value is -0.780. The van der Waals surface area contributed by atoms with E-state index in [2.05, 4.69) is 38.1 Å². The van der Waals surface area contributed by atoms with Crippen LogP contribution in [0.3, 0.4) is 0 Å². The number of rotatable bonds is 6. The molecule has 0 fully saturated rings.